The average Bonchev–Trinajstić information content (AvgIpc) is 2.98. The van der Waals surface area contributed by atoms with Gasteiger partial charge in [0.2, 0.25) is 0 Å². The maximum absolute atomic E-state index is 12.4. The van der Waals surface area contributed by atoms with Crippen LogP contribution in [0.4, 0.5) is 5.82 Å². The van der Waals surface area contributed by atoms with Crippen LogP contribution in [0.5, 0.6) is 0 Å². The summed E-state index contributed by atoms with van der Waals surface area (Å²) >= 11 is 7.75. The number of halogens is 1. The fourth-order valence-electron chi connectivity index (χ4n) is 1.78. The van der Waals surface area contributed by atoms with Crippen LogP contribution >= 0.6 is 22.9 Å². The minimum atomic E-state index is -0.0922. The Morgan fingerprint density at radius 2 is 2.35 bits per heavy atom. The molecule has 0 saturated carbocycles. The molecule has 2 rings (SSSR count). The van der Waals surface area contributed by atoms with Gasteiger partial charge >= 0.3 is 0 Å². The van der Waals surface area contributed by atoms with E-state index in [-0.39, 0.29) is 5.91 Å². The van der Waals surface area contributed by atoms with Crippen LogP contribution in [0.3, 0.4) is 0 Å². The summed E-state index contributed by atoms with van der Waals surface area (Å²) in [5, 5.41) is 5.31. The van der Waals surface area contributed by atoms with Crippen molar-refractivity contribution in [2.24, 2.45) is 0 Å². The number of carbonyl (C=O) groups excluding carboxylic acids is 1. The van der Waals surface area contributed by atoms with Crippen LogP contribution in [0.15, 0.2) is 29.8 Å². The van der Waals surface area contributed by atoms with E-state index in [4.69, 9.17) is 11.6 Å². The van der Waals surface area contributed by atoms with Gasteiger partial charge in [-0.15, -0.1) is 11.3 Å². The SMILES string of the molecule is CNc1cc(C(=O)N(C)CCc2cccs2)c(Cl)cn1. The zero-order chi connectivity index (χ0) is 14.5. The molecule has 0 aliphatic carbocycles. The number of anilines is 1. The number of likely N-dealkylation sites (N-methyl/N-ethyl adjacent to an activating group) is 1. The van der Waals surface area contributed by atoms with Crippen molar-refractivity contribution in [1.29, 1.82) is 0 Å². The van der Waals surface area contributed by atoms with Gasteiger partial charge in [-0.1, -0.05) is 17.7 Å². The molecule has 4 nitrogen and oxygen atoms in total. The van der Waals surface area contributed by atoms with Gasteiger partial charge in [-0.2, -0.15) is 0 Å². The fraction of sp³-hybridized carbons (Fsp3) is 0.286. The molecule has 2 aromatic heterocycles. The first kappa shape index (κ1) is 14.8. The second-order valence-corrected chi connectivity index (χ2v) is 5.79. The second kappa shape index (κ2) is 6.72. The normalized spacial score (nSPS) is 10.3. The highest BCUT2D eigenvalue weighted by atomic mass is 35.5. The van der Waals surface area contributed by atoms with Crippen LogP contribution in [0.25, 0.3) is 0 Å². The van der Waals surface area contributed by atoms with Crippen molar-refractivity contribution < 1.29 is 4.79 Å². The Bertz CT molecular complexity index is 586. The highest BCUT2D eigenvalue weighted by Gasteiger charge is 2.16. The quantitative estimate of drug-likeness (QED) is 0.923. The molecule has 0 bridgehead atoms. The molecule has 20 heavy (non-hydrogen) atoms. The van der Waals surface area contributed by atoms with E-state index in [2.05, 4.69) is 16.4 Å². The van der Waals surface area contributed by atoms with Crippen LogP contribution in [0.1, 0.15) is 15.2 Å². The van der Waals surface area contributed by atoms with Crippen LogP contribution in [0.2, 0.25) is 5.02 Å². The summed E-state index contributed by atoms with van der Waals surface area (Å²) in [6, 6.07) is 5.76. The van der Waals surface area contributed by atoms with Gasteiger partial charge in [-0.3, -0.25) is 4.79 Å². The lowest BCUT2D eigenvalue weighted by molar-refractivity contribution is 0.0797. The van der Waals surface area contributed by atoms with Crippen molar-refractivity contribution >= 4 is 34.7 Å². The van der Waals surface area contributed by atoms with Gasteiger partial charge in [0.15, 0.2) is 0 Å². The topological polar surface area (TPSA) is 45.2 Å². The molecule has 0 spiro atoms. The van der Waals surface area contributed by atoms with Gasteiger partial charge in [0, 0.05) is 31.7 Å². The summed E-state index contributed by atoms with van der Waals surface area (Å²) in [5.74, 6) is 0.537. The van der Waals surface area contributed by atoms with E-state index in [0.717, 1.165) is 6.42 Å². The molecule has 0 unspecified atom stereocenters. The number of aromatic nitrogens is 1. The Hall–Kier alpha value is -1.59. The molecular formula is C14H16ClN3OS. The fourth-order valence-corrected chi connectivity index (χ4v) is 2.66. The zero-order valence-electron chi connectivity index (χ0n) is 11.4. The number of nitrogens with one attached hydrogen (secondary N) is 1. The van der Waals surface area contributed by atoms with Gasteiger partial charge in [0.25, 0.3) is 5.91 Å². The third kappa shape index (κ3) is 3.49. The molecule has 2 heterocycles. The number of amides is 1. The van der Waals surface area contributed by atoms with E-state index in [1.807, 2.05) is 11.4 Å². The monoisotopic (exact) mass is 309 g/mol. The lowest BCUT2D eigenvalue weighted by atomic mass is 10.2. The van der Waals surface area contributed by atoms with Gasteiger partial charge in [0.05, 0.1) is 10.6 Å². The van der Waals surface area contributed by atoms with Crippen molar-refractivity contribution in [3.05, 3.63) is 45.2 Å². The largest absolute Gasteiger partial charge is 0.373 e. The Morgan fingerprint density at radius 3 is 3.00 bits per heavy atom. The van der Waals surface area contributed by atoms with E-state index in [1.54, 1.807) is 36.4 Å². The number of nitrogens with zero attached hydrogens (tertiary/aromatic N) is 2. The standard InChI is InChI=1S/C14H16ClN3OS/c1-16-13-8-11(12(15)9-17-13)14(19)18(2)6-5-10-4-3-7-20-10/h3-4,7-9H,5-6H2,1-2H3,(H,16,17). The molecule has 0 aliphatic heterocycles. The number of pyridine rings is 1. The average molecular weight is 310 g/mol. The van der Waals surface area contributed by atoms with Gasteiger partial charge < -0.3 is 10.2 Å². The molecule has 0 saturated heterocycles. The third-order valence-electron chi connectivity index (χ3n) is 2.96. The predicted octanol–water partition coefficient (Wildman–Crippen LogP) is 3.15. The summed E-state index contributed by atoms with van der Waals surface area (Å²) < 4.78 is 0. The Labute approximate surface area is 127 Å². The van der Waals surface area contributed by atoms with Gasteiger partial charge in [-0.05, 0) is 23.9 Å². The zero-order valence-corrected chi connectivity index (χ0v) is 13.0. The summed E-state index contributed by atoms with van der Waals surface area (Å²) in [7, 11) is 3.54. The van der Waals surface area contributed by atoms with Crippen LogP contribution in [0, 0.1) is 0 Å². The molecule has 106 valence electrons. The number of thiophene rings is 1. The van der Waals surface area contributed by atoms with Crippen molar-refractivity contribution in [1.82, 2.24) is 9.88 Å². The van der Waals surface area contributed by atoms with Crippen molar-refractivity contribution in [2.45, 2.75) is 6.42 Å². The highest BCUT2D eigenvalue weighted by molar-refractivity contribution is 7.09. The Morgan fingerprint density at radius 1 is 1.55 bits per heavy atom. The van der Waals surface area contributed by atoms with Crippen molar-refractivity contribution in [2.75, 3.05) is 26.0 Å². The highest BCUT2D eigenvalue weighted by Crippen LogP contribution is 2.19. The van der Waals surface area contributed by atoms with E-state index >= 15 is 0 Å². The lowest BCUT2D eigenvalue weighted by Gasteiger charge is -2.17. The first-order valence-corrected chi connectivity index (χ1v) is 7.48. The summed E-state index contributed by atoms with van der Waals surface area (Å²) in [4.78, 5) is 19.4. The Kier molecular flexibility index (Phi) is 4.98. The minimum Gasteiger partial charge on any atom is -0.373 e. The lowest BCUT2D eigenvalue weighted by Crippen LogP contribution is -2.29. The first-order chi connectivity index (χ1) is 9.61. The first-order valence-electron chi connectivity index (χ1n) is 6.23. The Balaban J connectivity index is 2.06. The molecule has 0 atom stereocenters. The molecule has 0 radical (unpaired) electrons. The van der Waals surface area contributed by atoms with E-state index < -0.39 is 0 Å². The van der Waals surface area contributed by atoms with Crippen LogP contribution in [-0.4, -0.2) is 36.4 Å². The summed E-state index contributed by atoms with van der Waals surface area (Å²) in [6.45, 7) is 0.660. The number of hydrogen-bond donors (Lipinski definition) is 1. The molecule has 6 heteroatoms. The predicted molar refractivity (Wildman–Crippen MR) is 83.8 cm³/mol. The molecule has 0 fully saturated rings. The van der Waals surface area contributed by atoms with E-state index in [9.17, 15) is 4.79 Å². The van der Waals surface area contributed by atoms with Crippen LogP contribution in [-0.2, 0) is 6.42 Å². The molecule has 1 amide bonds. The molecule has 2 aromatic rings. The maximum atomic E-state index is 12.4. The van der Waals surface area contributed by atoms with Gasteiger partial charge in [0.1, 0.15) is 5.82 Å². The number of carbonyl (C=O) groups is 1. The molecule has 0 aliphatic rings. The van der Waals surface area contributed by atoms with Crippen LogP contribution < -0.4 is 5.32 Å². The summed E-state index contributed by atoms with van der Waals surface area (Å²) in [6.07, 6.45) is 2.34. The smallest absolute Gasteiger partial charge is 0.255 e. The minimum absolute atomic E-state index is 0.0922. The second-order valence-electron chi connectivity index (χ2n) is 4.36. The number of hydrogen-bond acceptors (Lipinski definition) is 4. The van der Waals surface area contributed by atoms with E-state index in [1.165, 1.54) is 11.1 Å². The van der Waals surface area contributed by atoms with Crippen molar-refractivity contribution in [3.63, 3.8) is 0 Å². The van der Waals surface area contributed by atoms with Crippen molar-refractivity contribution in [3.8, 4) is 0 Å². The summed E-state index contributed by atoms with van der Waals surface area (Å²) in [5.41, 5.74) is 0.472. The third-order valence-corrected chi connectivity index (χ3v) is 4.20. The number of rotatable bonds is 5. The van der Waals surface area contributed by atoms with Gasteiger partial charge in [-0.25, -0.2) is 4.98 Å². The molecular weight excluding hydrogens is 294 g/mol. The molecule has 1 N–H and O–H groups in total. The maximum Gasteiger partial charge on any atom is 0.255 e. The molecule has 0 aromatic carbocycles. The van der Waals surface area contributed by atoms with E-state index in [0.29, 0.717) is 22.9 Å².